The standard InChI is InChI=1S/C13H21BN2O2/c1-12(2,17)13(3,4)18-14-10(9-15)11-7-5-6-8-16-11/h5-9,14-17H,1-4H3/b11-10+,15-9?. The molecule has 98 valence electrons. The molecule has 0 aromatic heterocycles. The van der Waals surface area contributed by atoms with Gasteiger partial charge in [-0.3, -0.25) is 0 Å². The number of hydrogen-bond donors (Lipinski definition) is 3. The molecule has 5 heteroatoms. The van der Waals surface area contributed by atoms with Crippen LogP contribution in [-0.2, 0) is 4.65 Å². The lowest BCUT2D eigenvalue weighted by molar-refractivity contribution is -0.0895. The van der Waals surface area contributed by atoms with Gasteiger partial charge in [0.05, 0.1) is 11.2 Å². The summed E-state index contributed by atoms with van der Waals surface area (Å²) in [5.74, 6) is 0. The zero-order valence-electron chi connectivity index (χ0n) is 11.4. The first-order valence-electron chi connectivity index (χ1n) is 5.97. The van der Waals surface area contributed by atoms with Crippen molar-refractivity contribution in [3.63, 3.8) is 0 Å². The molecule has 18 heavy (non-hydrogen) atoms. The Balaban J connectivity index is 2.75. The summed E-state index contributed by atoms with van der Waals surface area (Å²) in [5.41, 5.74) is -0.0386. The Bertz CT molecular complexity index is 404. The molecular formula is C13H21BN2O2. The number of aliphatic hydroxyl groups is 1. The van der Waals surface area contributed by atoms with E-state index in [0.29, 0.717) is 0 Å². The van der Waals surface area contributed by atoms with Crippen molar-refractivity contribution in [2.45, 2.75) is 38.9 Å². The Morgan fingerprint density at radius 1 is 1.39 bits per heavy atom. The highest BCUT2D eigenvalue weighted by molar-refractivity contribution is 6.46. The van der Waals surface area contributed by atoms with Crippen molar-refractivity contribution in [1.29, 1.82) is 5.41 Å². The van der Waals surface area contributed by atoms with E-state index in [1.807, 2.05) is 32.1 Å². The second-order valence-electron chi connectivity index (χ2n) is 5.30. The van der Waals surface area contributed by atoms with Crippen molar-refractivity contribution < 1.29 is 9.76 Å². The summed E-state index contributed by atoms with van der Waals surface area (Å²) in [6.45, 7) is 7.10. The predicted octanol–water partition coefficient (Wildman–Crippen LogP) is 1.44. The lowest BCUT2D eigenvalue weighted by Gasteiger charge is -2.37. The molecule has 0 bridgehead atoms. The van der Waals surface area contributed by atoms with E-state index in [2.05, 4.69) is 5.32 Å². The van der Waals surface area contributed by atoms with E-state index in [1.165, 1.54) is 6.21 Å². The number of allylic oxidation sites excluding steroid dienone is 4. The van der Waals surface area contributed by atoms with Gasteiger partial charge >= 0.3 is 7.48 Å². The van der Waals surface area contributed by atoms with Crippen LogP contribution in [0.1, 0.15) is 27.7 Å². The third-order valence-electron chi connectivity index (χ3n) is 3.29. The number of dihydropyridines is 1. The highest BCUT2D eigenvalue weighted by Gasteiger charge is 2.35. The maximum atomic E-state index is 10.0. The summed E-state index contributed by atoms with van der Waals surface area (Å²) in [6.07, 6.45) is 8.75. The summed E-state index contributed by atoms with van der Waals surface area (Å²) >= 11 is 0. The lowest BCUT2D eigenvalue weighted by Crippen LogP contribution is -2.48. The largest absolute Gasteiger partial charge is 0.427 e. The molecular weight excluding hydrogens is 227 g/mol. The summed E-state index contributed by atoms with van der Waals surface area (Å²) in [5, 5.41) is 20.5. The van der Waals surface area contributed by atoms with Crippen molar-refractivity contribution in [1.82, 2.24) is 5.32 Å². The van der Waals surface area contributed by atoms with E-state index < -0.39 is 11.2 Å². The molecule has 0 saturated carbocycles. The van der Waals surface area contributed by atoms with Gasteiger partial charge in [-0.1, -0.05) is 6.08 Å². The lowest BCUT2D eigenvalue weighted by atomic mass is 9.81. The van der Waals surface area contributed by atoms with E-state index in [9.17, 15) is 5.11 Å². The van der Waals surface area contributed by atoms with Gasteiger partial charge in [0.15, 0.2) is 0 Å². The fraction of sp³-hybridized carbons (Fsp3) is 0.462. The Labute approximate surface area is 109 Å². The van der Waals surface area contributed by atoms with Crippen LogP contribution in [0.25, 0.3) is 0 Å². The maximum Gasteiger partial charge on any atom is 0.313 e. The maximum absolute atomic E-state index is 10.0. The molecule has 0 radical (unpaired) electrons. The van der Waals surface area contributed by atoms with Gasteiger partial charge in [-0.15, -0.1) is 0 Å². The van der Waals surface area contributed by atoms with Crippen LogP contribution in [0.4, 0.5) is 0 Å². The smallest absolute Gasteiger partial charge is 0.313 e. The summed E-state index contributed by atoms with van der Waals surface area (Å²) in [7, 11) is 0.279. The first kappa shape index (κ1) is 14.7. The van der Waals surface area contributed by atoms with Crippen LogP contribution in [0.2, 0.25) is 0 Å². The fourth-order valence-electron chi connectivity index (χ4n) is 1.23. The van der Waals surface area contributed by atoms with Gasteiger partial charge in [0.25, 0.3) is 0 Å². The van der Waals surface area contributed by atoms with Crippen LogP contribution < -0.4 is 5.32 Å². The van der Waals surface area contributed by atoms with E-state index in [4.69, 9.17) is 10.1 Å². The Morgan fingerprint density at radius 3 is 2.50 bits per heavy atom. The SMILES string of the molecule is CC(C)(O)C(C)(C)OB/C(C=N)=C1\C=CC=CN1. The van der Waals surface area contributed by atoms with Crippen LogP contribution >= 0.6 is 0 Å². The first-order chi connectivity index (χ1) is 8.28. The number of nitrogens with one attached hydrogen (secondary N) is 2. The molecule has 0 aromatic carbocycles. The Hall–Kier alpha value is -1.33. The number of rotatable bonds is 5. The van der Waals surface area contributed by atoms with Crippen LogP contribution in [-0.4, -0.2) is 30.0 Å². The molecule has 4 nitrogen and oxygen atoms in total. The van der Waals surface area contributed by atoms with Crippen molar-refractivity contribution >= 4 is 13.7 Å². The van der Waals surface area contributed by atoms with Gasteiger partial charge in [0, 0.05) is 18.1 Å². The van der Waals surface area contributed by atoms with E-state index >= 15 is 0 Å². The van der Waals surface area contributed by atoms with Crippen LogP contribution in [0.15, 0.2) is 35.6 Å². The van der Waals surface area contributed by atoms with Crippen molar-refractivity contribution in [2.24, 2.45) is 0 Å². The van der Waals surface area contributed by atoms with E-state index in [0.717, 1.165) is 11.2 Å². The third kappa shape index (κ3) is 3.58. The highest BCUT2D eigenvalue weighted by Crippen LogP contribution is 2.25. The molecule has 0 spiro atoms. The average molecular weight is 248 g/mol. The molecule has 0 atom stereocenters. The molecule has 0 saturated heterocycles. The molecule has 0 unspecified atom stereocenters. The summed E-state index contributed by atoms with van der Waals surface area (Å²) in [4.78, 5) is 0. The van der Waals surface area contributed by atoms with Crippen LogP contribution in [0.5, 0.6) is 0 Å². The van der Waals surface area contributed by atoms with Gasteiger partial charge in [0.1, 0.15) is 0 Å². The highest BCUT2D eigenvalue weighted by atomic mass is 16.5. The minimum Gasteiger partial charge on any atom is -0.427 e. The minimum atomic E-state index is -0.944. The van der Waals surface area contributed by atoms with Crippen molar-refractivity contribution in [2.75, 3.05) is 0 Å². The van der Waals surface area contributed by atoms with E-state index in [-0.39, 0.29) is 7.48 Å². The molecule has 1 rings (SSSR count). The van der Waals surface area contributed by atoms with Gasteiger partial charge < -0.3 is 20.5 Å². The molecule has 3 N–H and O–H groups in total. The molecule has 1 aliphatic heterocycles. The van der Waals surface area contributed by atoms with Gasteiger partial charge in [-0.2, -0.15) is 0 Å². The monoisotopic (exact) mass is 248 g/mol. The minimum absolute atomic E-state index is 0.279. The van der Waals surface area contributed by atoms with Gasteiger partial charge in [-0.25, -0.2) is 0 Å². The second-order valence-corrected chi connectivity index (χ2v) is 5.30. The molecule has 0 amide bonds. The molecule has 1 aliphatic rings. The quantitative estimate of drug-likeness (QED) is 0.509. The Kier molecular flexibility index (Phi) is 4.54. The Morgan fingerprint density at radius 2 is 2.06 bits per heavy atom. The van der Waals surface area contributed by atoms with Crippen molar-refractivity contribution in [3.05, 3.63) is 35.6 Å². The zero-order chi connectivity index (χ0) is 13.8. The molecule has 1 heterocycles. The zero-order valence-corrected chi connectivity index (χ0v) is 11.4. The molecule has 0 aromatic rings. The third-order valence-corrected chi connectivity index (χ3v) is 3.29. The normalized spacial score (nSPS) is 18.3. The average Bonchev–Trinajstić information content (AvgIpc) is 2.29. The van der Waals surface area contributed by atoms with E-state index in [1.54, 1.807) is 20.0 Å². The predicted molar refractivity (Wildman–Crippen MR) is 75.8 cm³/mol. The van der Waals surface area contributed by atoms with Crippen LogP contribution in [0.3, 0.4) is 0 Å². The first-order valence-corrected chi connectivity index (χ1v) is 5.97. The fourth-order valence-corrected chi connectivity index (χ4v) is 1.23. The van der Waals surface area contributed by atoms with Crippen molar-refractivity contribution in [3.8, 4) is 0 Å². The second kappa shape index (κ2) is 5.54. The van der Waals surface area contributed by atoms with Crippen LogP contribution in [0, 0.1) is 5.41 Å². The number of hydrogen-bond acceptors (Lipinski definition) is 4. The van der Waals surface area contributed by atoms with Gasteiger partial charge in [0.2, 0.25) is 0 Å². The molecule has 0 aliphatic carbocycles. The summed E-state index contributed by atoms with van der Waals surface area (Å²) < 4.78 is 5.74. The summed E-state index contributed by atoms with van der Waals surface area (Å²) in [6, 6.07) is 0. The molecule has 0 fully saturated rings. The van der Waals surface area contributed by atoms with Gasteiger partial charge in [-0.05, 0) is 45.3 Å². The topological polar surface area (TPSA) is 65.3 Å².